The molecule has 0 aliphatic carbocycles. The molecule has 0 aliphatic heterocycles. The fourth-order valence-electron chi connectivity index (χ4n) is 1.77. The molecule has 4 heteroatoms. The zero-order valence-electron chi connectivity index (χ0n) is 10.4. The predicted molar refractivity (Wildman–Crippen MR) is 66.6 cm³/mol. The van der Waals surface area contributed by atoms with E-state index in [4.69, 9.17) is 5.11 Å². The average molecular weight is 235 g/mol. The molecule has 0 radical (unpaired) electrons. The molecule has 0 aromatic carbocycles. The molecule has 0 unspecified atom stereocenters. The minimum atomic E-state index is -1.17. The highest BCUT2D eigenvalue weighted by Crippen LogP contribution is 2.08. The molecule has 4 nitrogen and oxygen atoms in total. The van der Waals surface area contributed by atoms with E-state index in [9.17, 15) is 9.59 Å². The second-order valence-electron chi connectivity index (χ2n) is 4.31. The van der Waals surface area contributed by atoms with Crippen LogP contribution in [-0.4, -0.2) is 15.6 Å². The molecule has 0 bridgehead atoms. The van der Waals surface area contributed by atoms with Crippen LogP contribution in [0.5, 0.6) is 0 Å². The molecule has 0 amide bonds. The summed E-state index contributed by atoms with van der Waals surface area (Å²) in [5.74, 6) is -1.17. The van der Waals surface area contributed by atoms with Gasteiger partial charge in [-0.15, -0.1) is 6.58 Å². The minimum Gasteiger partial charge on any atom is -0.477 e. The Labute approximate surface area is 100 Å². The van der Waals surface area contributed by atoms with Crippen LogP contribution < -0.4 is 5.56 Å². The fraction of sp³-hybridized carbons (Fsp3) is 0.385. The summed E-state index contributed by atoms with van der Waals surface area (Å²) in [6, 6.07) is 1.73. The molecule has 1 aromatic heterocycles. The Morgan fingerprint density at radius 3 is 2.53 bits per heavy atom. The van der Waals surface area contributed by atoms with Crippen molar-refractivity contribution in [3.63, 3.8) is 0 Å². The van der Waals surface area contributed by atoms with Crippen molar-refractivity contribution in [3.8, 4) is 0 Å². The Bertz CT molecular complexity index is 526. The molecule has 0 aliphatic rings. The lowest BCUT2D eigenvalue weighted by Crippen LogP contribution is -2.29. The SMILES string of the molecule is C=C(C)CCn1c(C)cc(C)c(C(=O)O)c1=O. The van der Waals surface area contributed by atoms with Crippen LogP contribution in [0.25, 0.3) is 0 Å². The molecule has 1 aromatic rings. The van der Waals surface area contributed by atoms with E-state index in [1.165, 1.54) is 4.57 Å². The molecular weight excluding hydrogens is 218 g/mol. The van der Waals surface area contributed by atoms with Crippen molar-refractivity contribution in [1.29, 1.82) is 0 Å². The second-order valence-corrected chi connectivity index (χ2v) is 4.31. The van der Waals surface area contributed by atoms with Crippen LogP contribution >= 0.6 is 0 Å². The summed E-state index contributed by atoms with van der Waals surface area (Å²) < 4.78 is 1.49. The lowest BCUT2D eigenvalue weighted by molar-refractivity contribution is 0.0693. The van der Waals surface area contributed by atoms with Gasteiger partial charge in [-0.1, -0.05) is 5.57 Å². The van der Waals surface area contributed by atoms with Crippen LogP contribution in [0.4, 0.5) is 0 Å². The topological polar surface area (TPSA) is 59.3 Å². The maximum Gasteiger partial charge on any atom is 0.341 e. The first-order valence-corrected chi connectivity index (χ1v) is 5.43. The van der Waals surface area contributed by atoms with E-state index in [1.54, 1.807) is 19.9 Å². The molecule has 0 saturated heterocycles. The van der Waals surface area contributed by atoms with E-state index in [0.29, 0.717) is 18.5 Å². The lowest BCUT2D eigenvalue weighted by Gasteiger charge is -2.12. The zero-order chi connectivity index (χ0) is 13.2. The van der Waals surface area contributed by atoms with Gasteiger partial charge in [0.15, 0.2) is 0 Å². The first-order valence-electron chi connectivity index (χ1n) is 5.43. The predicted octanol–water partition coefficient (Wildman–Crippen LogP) is 2.13. The van der Waals surface area contributed by atoms with E-state index in [1.807, 2.05) is 6.92 Å². The van der Waals surface area contributed by atoms with Crippen molar-refractivity contribution >= 4 is 5.97 Å². The van der Waals surface area contributed by atoms with Gasteiger partial charge in [-0.05, 0) is 38.8 Å². The van der Waals surface area contributed by atoms with Gasteiger partial charge in [0.05, 0.1) is 0 Å². The Hall–Kier alpha value is -1.84. The summed E-state index contributed by atoms with van der Waals surface area (Å²) in [7, 11) is 0. The summed E-state index contributed by atoms with van der Waals surface area (Å²) in [5, 5.41) is 9.01. The van der Waals surface area contributed by atoms with Gasteiger partial charge < -0.3 is 9.67 Å². The van der Waals surface area contributed by atoms with Gasteiger partial charge in [0, 0.05) is 12.2 Å². The molecule has 0 fully saturated rings. The highest BCUT2D eigenvalue weighted by molar-refractivity contribution is 5.88. The molecule has 17 heavy (non-hydrogen) atoms. The van der Waals surface area contributed by atoms with Crippen molar-refractivity contribution in [2.75, 3.05) is 0 Å². The normalized spacial score (nSPS) is 10.3. The molecule has 1 rings (SSSR count). The van der Waals surface area contributed by atoms with E-state index in [2.05, 4.69) is 6.58 Å². The van der Waals surface area contributed by atoms with Gasteiger partial charge >= 0.3 is 5.97 Å². The number of aryl methyl sites for hydroxylation is 2. The average Bonchev–Trinajstić information content (AvgIpc) is 2.14. The molecule has 0 atom stereocenters. The summed E-state index contributed by atoms with van der Waals surface area (Å²) in [6.07, 6.45) is 0.670. The first-order chi connectivity index (χ1) is 7.84. The van der Waals surface area contributed by atoms with E-state index < -0.39 is 11.5 Å². The number of carboxylic acids is 1. The minimum absolute atomic E-state index is 0.141. The molecule has 0 spiro atoms. The van der Waals surface area contributed by atoms with Crippen molar-refractivity contribution in [3.05, 3.63) is 45.4 Å². The summed E-state index contributed by atoms with van der Waals surface area (Å²) in [5.41, 5.74) is 1.67. The van der Waals surface area contributed by atoms with E-state index in [-0.39, 0.29) is 5.56 Å². The number of hydrogen-bond donors (Lipinski definition) is 1. The number of carbonyl (C=O) groups is 1. The van der Waals surface area contributed by atoms with Gasteiger partial charge in [-0.3, -0.25) is 4.79 Å². The number of allylic oxidation sites excluding steroid dienone is 1. The van der Waals surface area contributed by atoms with Crippen molar-refractivity contribution in [1.82, 2.24) is 4.57 Å². The van der Waals surface area contributed by atoms with Crippen molar-refractivity contribution < 1.29 is 9.90 Å². The highest BCUT2D eigenvalue weighted by Gasteiger charge is 2.16. The largest absolute Gasteiger partial charge is 0.477 e. The van der Waals surface area contributed by atoms with Crippen LogP contribution in [0.1, 0.15) is 35.0 Å². The number of carboxylic acid groups (broad SMARTS) is 1. The summed E-state index contributed by atoms with van der Waals surface area (Å²) >= 11 is 0. The Morgan fingerprint density at radius 1 is 1.47 bits per heavy atom. The third-order valence-corrected chi connectivity index (χ3v) is 2.68. The molecule has 1 heterocycles. The number of hydrogen-bond acceptors (Lipinski definition) is 2. The highest BCUT2D eigenvalue weighted by atomic mass is 16.4. The van der Waals surface area contributed by atoms with E-state index >= 15 is 0 Å². The third-order valence-electron chi connectivity index (χ3n) is 2.68. The first kappa shape index (κ1) is 13.2. The van der Waals surface area contributed by atoms with Gasteiger partial charge in [-0.25, -0.2) is 4.79 Å². The maximum atomic E-state index is 12.0. The van der Waals surface area contributed by atoms with Gasteiger partial charge in [0.1, 0.15) is 5.56 Å². The van der Waals surface area contributed by atoms with Crippen LogP contribution in [0.3, 0.4) is 0 Å². The smallest absolute Gasteiger partial charge is 0.341 e. The summed E-state index contributed by atoms with van der Waals surface area (Å²) in [4.78, 5) is 23.0. The van der Waals surface area contributed by atoms with Crippen LogP contribution in [0, 0.1) is 13.8 Å². The monoisotopic (exact) mass is 235 g/mol. The second kappa shape index (κ2) is 4.99. The Morgan fingerprint density at radius 2 is 2.06 bits per heavy atom. The maximum absolute atomic E-state index is 12.0. The number of aromatic carboxylic acids is 1. The Kier molecular flexibility index (Phi) is 3.89. The third kappa shape index (κ3) is 2.84. The van der Waals surface area contributed by atoms with Gasteiger partial charge in [-0.2, -0.15) is 0 Å². The van der Waals surface area contributed by atoms with Gasteiger partial charge in [0.2, 0.25) is 0 Å². The molecule has 0 saturated carbocycles. The number of nitrogens with zero attached hydrogens (tertiary/aromatic N) is 1. The quantitative estimate of drug-likeness (QED) is 0.813. The standard InChI is InChI=1S/C13H17NO3/c1-8(2)5-6-14-10(4)7-9(3)11(12(14)15)13(16)17/h7H,1,5-6H2,2-4H3,(H,16,17). The molecule has 1 N–H and O–H groups in total. The van der Waals surface area contributed by atoms with Crippen LogP contribution in [-0.2, 0) is 6.54 Å². The van der Waals surface area contributed by atoms with Gasteiger partial charge in [0.25, 0.3) is 5.56 Å². The molecular formula is C13H17NO3. The zero-order valence-corrected chi connectivity index (χ0v) is 10.4. The number of rotatable bonds is 4. The lowest BCUT2D eigenvalue weighted by atomic mass is 10.1. The Balaban J connectivity index is 3.31. The van der Waals surface area contributed by atoms with E-state index in [0.717, 1.165) is 11.3 Å². The van der Waals surface area contributed by atoms with Crippen LogP contribution in [0.2, 0.25) is 0 Å². The fourth-order valence-corrected chi connectivity index (χ4v) is 1.77. The van der Waals surface area contributed by atoms with Crippen molar-refractivity contribution in [2.45, 2.75) is 33.7 Å². The van der Waals surface area contributed by atoms with Crippen molar-refractivity contribution in [2.24, 2.45) is 0 Å². The summed E-state index contributed by atoms with van der Waals surface area (Å²) in [6.45, 7) is 9.57. The number of aromatic nitrogens is 1. The molecule has 92 valence electrons. The van der Waals surface area contributed by atoms with Crippen LogP contribution in [0.15, 0.2) is 23.0 Å². The number of pyridine rings is 1.